The van der Waals surface area contributed by atoms with Gasteiger partial charge in [-0.1, -0.05) is 6.07 Å². The molecule has 0 saturated heterocycles. The summed E-state index contributed by atoms with van der Waals surface area (Å²) in [6.45, 7) is 4.84. The van der Waals surface area contributed by atoms with Crippen molar-refractivity contribution in [2.45, 2.75) is 26.6 Å². The van der Waals surface area contributed by atoms with Crippen LogP contribution in [0.15, 0.2) is 24.3 Å². The predicted molar refractivity (Wildman–Crippen MR) is 113 cm³/mol. The van der Waals surface area contributed by atoms with E-state index >= 15 is 0 Å². The highest BCUT2D eigenvalue weighted by Gasteiger charge is 2.30. The molecule has 0 saturated carbocycles. The van der Waals surface area contributed by atoms with Crippen molar-refractivity contribution in [2.75, 3.05) is 26.1 Å². The highest BCUT2D eigenvalue weighted by atomic mass is 32.1. The molecule has 29 heavy (non-hydrogen) atoms. The smallest absolute Gasteiger partial charge is 0.265 e. The zero-order valence-corrected chi connectivity index (χ0v) is 17.6. The number of nitrogens with one attached hydrogen (secondary N) is 2. The number of carbonyl (C=O) groups is 1. The topological polar surface area (TPSA) is 81.7 Å². The average Bonchev–Trinajstić information content (AvgIpc) is 3.07. The summed E-state index contributed by atoms with van der Waals surface area (Å²) in [5.41, 5.74) is 3.59. The van der Waals surface area contributed by atoms with Crippen LogP contribution in [0.3, 0.4) is 0 Å². The lowest BCUT2D eigenvalue weighted by molar-refractivity contribution is 0.0940. The maximum atomic E-state index is 12.9. The number of hydrogen-bond donors (Lipinski definition) is 2. The van der Waals surface area contributed by atoms with E-state index in [0.717, 1.165) is 32.7 Å². The van der Waals surface area contributed by atoms with E-state index in [0.29, 0.717) is 29.6 Å². The molecular weight excluding hydrogens is 390 g/mol. The summed E-state index contributed by atoms with van der Waals surface area (Å²) in [4.78, 5) is 19.0. The van der Waals surface area contributed by atoms with Crippen molar-refractivity contribution in [3.05, 3.63) is 46.0 Å². The van der Waals surface area contributed by atoms with E-state index in [1.165, 1.54) is 11.3 Å². The van der Waals surface area contributed by atoms with Crippen LogP contribution in [0, 0.1) is 6.92 Å². The SMILES string of the molecule is CCOc1cc(C2NC(=O)c3sc4nc(C)cc(COC)c4c3N2)ccc1OC. The van der Waals surface area contributed by atoms with Gasteiger partial charge >= 0.3 is 0 Å². The number of ether oxygens (including phenoxy) is 3. The van der Waals surface area contributed by atoms with Gasteiger partial charge in [-0.3, -0.25) is 4.79 Å². The van der Waals surface area contributed by atoms with E-state index < -0.39 is 6.17 Å². The number of aryl methyl sites for hydroxylation is 1. The fourth-order valence-electron chi connectivity index (χ4n) is 3.56. The van der Waals surface area contributed by atoms with E-state index in [-0.39, 0.29) is 5.91 Å². The molecule has 2 aromatic heterocycles. The number of aromatic nitrogens is 1. The van der Waals surface area contributed by atoms with Crippen molar-refractivity contribution in [2.24, 2.45) is 0 Å². The molecular formula is C21H23N3O4S. The van der Waals surface area contributed by atoms with Crippen molar-refractivity contribution in [3.8, 4) is 11.5 Å². The molecule has 1 atom stereocenters. The van der Waals surface area contributed by atoms with Crippen LogP contribution in [0.5, 0.6) is 11.5 Å². The third-order valence-corrected chi connectivity index (χ3v) is 5.85. The van der Waals surface area contributed by atoms with Gasteiger partial charge in [0, 0.05) is 18.2 Å². The van der Waals surface area contributed by atoms with Crippen LogP contribution in [-0.4, -0.2) is 31.7 Å². The number of thiophene rings is 1. The largest absolute Gasteiger partial charge is 0.493 e. The molecule has 1 aliphatic heterocycles. The predicted octanol–water partition coefficient (Wildman–Crippen LogP) is 4.01. The quantitative estimate of drug-likeness (QED) is 0.635. The Balaban J connectivity index is 1.78. The number of carbonyl (C=O) groups excluding carboxylic acids is 1. The number of benzene rings is 1. The second-order valence-electron chi connectivity index (χ2n) is 6.74. The minimum atomic E-state index is -0.394. The van der Waals surface area contributed by atoms with Crippen molar-refractivity contribution in [3.63, 3.8) is 0 Å². The van der Waals surface area contributed by atoms with Crippen LogP contribution in [0.25, 0.3) is 10.2 Å². The van der Waals surface area contributed by atoms with Crippen LogP contribution in [0.2, 0.25) is 0 Å². The van der Waals surface area contributed by atoms with E-state index in [2.05, 4.69) is 15.6 Å². The third-order valence-electron chi connectivity index (χ3n) is 4.76. The third kappa shape index (κ3) is 3.49. The van der Waals surface area contributed by atoms with E-state index in [1.807, 2.05) is 38.1 Å². The monoisotopic (exact) mass is 413 g/mol. The summed E-state index contributed by atoms with van der Waals surface area (Å²) in [5, 5.41) is 7.45. The molecule has 0 spiro atoms. The molecule has 1 aromatic carbocycles. The zero-order chi connectivity index (χ0) is 20.5. The van der Waals surface area contributed by atoms with Crippen LogP contribution >= 0.6 is 11.3 Å². The van der Waals surface area contributed by atoms with Crippen molar-refractivity contribution >= 4 is 33.1 Å². The molecule has 1 aliphatic rings. The number of methoxy groups -OCH3 is 2. The molecule has 4 rings (SSSR count). The molecule has 152 valence electrons. The fourth-order valence-corrected chi connectivity index (χ4v) is 4.70. The molecule has 0 fully saturated rings. The van der Waals surface area contributed by atoms with Gasteiger partial charge in [-0.25, -0.2) is 4.98 Å². The maximum absolute atomic E-state index is 12.9. The number of hydrogen-bond acceptors (Lipinski definition) is 7. The van der Waals surface area contributed by atoms with E-state index in [9.17, 15) is 4.79 Å². The second-order valence-corrected chi connectivity index (χ2v) is 7.74. The Morgan fingerprint density at radius 1 is 1.17 bits per heavy atom. The summed E-state index contributed by atoms with van der Waals surface area (Å²) in [6.07, 6.45) is -0.394. The summed E-state index contributed by atoms with van der Waals surface area (Å²) in [7, 11) is 3.27. The Bertz CT molecular complexity index is 1080. The van der Waals surface area contributed by atoms with Gasteiger partial charge in [0.05, 0.1) is 26.0 Å². The maximum Gasteiger partial charge on any atom is 0.265 e. The van der Waals surface area contributed by atoms with Crippen molar-refractivity contribution in [1.82, 2.24) is 10.3 Å². The molecule has 1 unspecified atom stereocenters. The molecule has 0 bridgehead atoms. The van der Waals surface area contributed by atoms with Crippen LogP contribution in [-0.2, 0) is 11.3 Å². The van der Waals surface area contributed by atoms with Gasteiger partial charge in [0.2, 0.25) is 0 Å². The lowest BCUT2D eigenvalue weighted by Gasteiger charge is -2.27. The van der Waals surface area contributed by atoms with Gasteiger partial charge in [-0.2, -0.15) is 0 Å². The number of rotatable bonds is 6. The first-order chi connectivity index (χ1) is 14.0. The number of pyridine rings is 1. The average molecular weight is 413 g/mol. The molecule has 3 heterocycles. The van der Waals surface area contributed by atoms with E-state index in [4.69, 9.17) is 14.2 Å². The molecule has 8 heteroatoms. The van der Waals surface area contributed by atoms with Crippen molar-refractivity contribution < 1.29 is 19.0 Å². The molecule has 0 radical (unpaired) electrons. The number of anilines is 1. The van der Waals surface area contributed by atoms with Crippen LogP contribution in [0.4, 0.5) is 5.69 Å². The van der Waals surface area contributed by atoms with Gasteiger partial charge < -0.3 is 24.8 Å². The minimum Gasteiger partial charge on any atom is -0.493 e. The molecule has 1 amide bonds. The Kier molecular flexibility index (Phi) is 5.29. The lowest BCUT2D eigenvalue weighted by Crippen LogP contribution is -2.37. The number of nitrogens with zero attached hydrogens (tertiary/aromatic N) is 1. The Hall–Kier alpha value is -2.84. The first kappa shape index (κ1) is 19.5. The summed E-state index contributed by atoms with van der Waals surface area (Å²) in [5.74, 6) is 1.17. The fraction of sp³-hybridized carbons (Fsp3) is 0.333. The summed E-state index contributed by atoms with van der Waals surface area (Å²) >= 11 is 1.39. The van der Waals surface area contributed by atoms with Crippen molar-refractivity contribution in [1.29, 1.82) is 0 Å². The van der Waals surface area contributed by atoms with Gasteiger partial charge in [0.15, 0.2) is 11.5 Å². The standard InChI is InChI=1S/C21H23N3O4S/c1-5-28-15-9-12(6-7-14(15)27-4)19-23-17-16-13(10-26-3)8-11(2)22-21(16)29-18(17)20(25)24-19/h6-9,19,23H,5,10H2,1-4H3,(H,24,25). The van der Waals surface area contributed by atoms with Gasteiger partial charge in [-0.15, -0.1) is 11.3 Å². The Morgan fingerprint density at radius 3 is 2.72 bits per heavy atom. The zero-order valence-electron chi connectivity index (χ0n) is 16.8. The molecule has 3 aromatic rings. The van der Waals surface area contributed by atoms with Gasteiger partial charge in [-0.05, 0) is 43.2 Å². The van der Waals surface area contributed by atoms with Gasteiger partial charge in [0.25, 0.3) is 5.91 Å². The van der Waals surface area contributed by atoms with E-state index in [1.54, 1.807) is 14.2 Å². The summed E-state index contributed by atoms with van der Waals surface area (Å²) in [6, 6.07) is 7.65. The van der Waals surface area contributed by atoms with Crippen LogP contribution in [0.1, 0.15) is 39.6 Å². The first-order valence-corrected chi connectivity index (χ1v) is 10.2. The first-order valence-electron chi connectivity index (χ1n) is 9.35. The van der Waals surface area contributed by atoms with Crippen LogP contribution < -0.4 is 20.1 Å². The minimum absolute atomic E-state index is 0.124. The molecule has 7 nitrogen and oxygen atoms in total. The summed E-state index contributed by atoms with van der Waals surface area (Å²) < 4.78 is 16.4. The highest BCUT2D eigenvalue weighted by molar-refractivity contribution is 7.21. The lowest BCUT2D eigenvalue weighted by atomic mass is 10.1. The normalized spacial score (nSPS) is 15.6. The molecule has 0 aliphatic carbocycles. The second kappa shape index (κ2) is 7.88. The number of fused-ring (bicyclic) bond motifs is 3. The highest BCUT2D eigenvalue weighted by Crippen LogP contribution is 2.42. The Morgan fingerprint density at radius 2 is 2.00 bits per heavy atom. The number of amides is 1. The van der Waals surface area contributed by atoms with Gasteiger partial charge in [0.1, 0.15) is 15.9 Å². The Labute approximate surface area is 173 Å². The molecule has 2 N–H and O–H groups in total.